The number of carbonyl (C=O) groups excluding carboxylic acids is 3. The molecule has 3 aromatic carbocycles. The van der Waals surface area contributed by atoms with Crippen molar-refractivity contribution >= 4 is 23.4 Å². The van der Waals surface area contributed by atoms with Crippen LogP contribution in [0.25, 0.3) is 0 Å². The molecule has 0 saturated carbocycles. The summed E-state index contributed by atoms with van der Waals surface area (Å²) >= 11 is 0. The molecule has 0 aliphatic carbocycles. The van der Waals surface area contributed by atoms with Crippen LogP contribution in [0.3, 0.4) is 0 Å². The van der Waals surface area contributed by atoms with Gasteiger partial charge in [-0.25, -0.2) is 0 Å². The van der Waals surface area contributed by atoms with Crippen molar-refractivity contribution in [3.05, 3.63) is 82.9 Å². The molecule has 2 heterocycles. The SMILES string of the molecule is COc1ccc2c(c1OC)C(=O)N1c3ccccc3C(=O)N(CC(=O)NCCc3ccc(O)cc3)[C@@H]21. The molecule has 0 unspecified atom stereocenters. The van der Waals surface area contributed by atoms with E-state index in [1.165, 1.54) is 24.0 Å². The van der Waals surface area contributed by atoms with E-state index in [4.69, 9.17) is 9.47 Å². The van der Waals surface area contributed by atoms with E-state index in [0.717, 1.165) is 5.56 Å². The maximum atomic E-state index is 13.7. The number of phenolic OH excluding ortho intramolecular Hbond substituents is 1. The van der Waals surface area contributed by atoms with Gasteiger partial charge in [-0.15, -0.1) is 0 Å². The number of aromatic hydroxyl groups is 1. The second-order valence-corrected chi connectivity index (χ2v) is 8.53. The number of nitrogens with zero attached hydrogens (tertiary/aromatic N) is 2. The van der Waals surface area contributed by atoms with Crippen molar-refractivity contribution in [2.45, 2.75) is 12.6 Å². The summed E-state index contributed by atoms with van der Waals surface area (Å²) in [5.41, 5.74) is 2.66. The first-order chi connectivity index (χ1) is 17.4. The summed E-state index contributed by atoms with van der Waals surface area (Å²) in [6.07, 6.45) is -0.228. The van der Waals surface area contributed by atoms with Crippen LogP contribution in [0.4, 0.5) is 5.69 Å². The van der Waals surface area contributed by atoms with Gasteiger partial charge in [-0.3, -0.25) is 19.3 Å². The van der Waals surface area contributed by atoms with E-state index in [1.54, 1.807) is 60.7 Å². The Labute approximate surface area is 207 Å². The highest BCUT2D eigenvalue weighted by Crippen LogP contribution is 2.49. The van der Waals surface area contributed by atoms with E-state index in [1.807, 2.05) is 0 Å². The van der Waals surface area contributed by atoms with Gasteiger partial charge >= 0.3 is 0 Å². The molecule has 3 aromatic rings. The van der Waals surface area contributed by atoms with E-state index in [9.17, 15) is 19.5 Å². The highest BCUT2D eigenvalue weighted by atomic mass is 16.5. The molecule has 0 saturated heterocycles. The van der Waals surface area contributed by atoms with Crippen molar-refractivity contribution in [1.29, 1.82) is 0 Å². The second-order valence-electron chi connectivity index (χ2n) is 8.53. The number of carbonyl (C=O) groups is 3. The van der Waals surface area contributed by atoms with Crippen LogP contribution in [0.1, 0.15) is 38.0 Å². The van der Waals surface area contributed by atoms with Gasteiger partial charge in [-0.1, -0.05) is 30.3 Å². The lowest BCUT2D eigenvalue weighted by molar-refractivity contribution is -0.122. The Balaban J connectivity index is 1.45. The van der Waals surface area contributed by atoms with Gasteiger partial charge in [0, 0.05) is 12.1 Å². The fraction of sp³-hybridized carbons (Fsp3) is 0.222. The quantitative estimate of drug-likeness (QED) is 0.531. The van der Waals surface area contributed by atoms with Crippen LogP contribution in [-0.2, 0) is 11.2 Å². The molecule has 1 atom stereocenters. The number of hydrogen-bond donors (Lipinski definition) is 2. The van der Waals surface area contributed by atoms with E-state index < -0.39 is 6.17 Å². The minimum absolute atomic E-state index is 0.178. The van der Waals surface area contributed by atoms with Crippen LogP contribution in [0.2, 0.25) is 0 Å². The number of para-hydroxylation sites is 1. The molecular weight excluding hydrogens is 462 g/mol. The van der Waals surface area contributed by atoms with Crippen molar-refractivity contribution in [1.82, 2.24) is 10.2 Å². The smallest absolute Gasteiger partial charge is 0.264 e. The summed E-state index contributed by atoms with van der Waals surface area (Å²) in [5, 5.41) is 12.3. The molecule has 0 radical (unpaired) electrons. The summed E-state index contributed by atoms with van der Waals surface area (Å²) in [6, 6.07) is 17.0. The molecule has 3 amide bonds. The van der Waals surface area contributed by atoms with Crippen molar-refractivity contribution in [2.75, 3.05) is 32.2 Å². The first kappa shape index (κ1) is 23.2. The van der Waals surface area contributed by atoms with E-state index in [0.29, 0.717) is 41.1 Å². The zero-order chi connectivity index (χ0) is 25.4. The average molecular weight is 488 g/mol. The summed E-state index contributed by atoms with van der Waals surface area (Å²) in [4.78, 5) is 43.1. The molecule has 0 spiro atoms. The topological polar surface area (TPSA) is 108 Å². The predicted molar refractivity (Wildman–Crippen MR) is 131 cm³/mol. The van der Waals surface area contributed by atoms with Crippen molar-refractivity contribution in [2.24, 2.45) is 0 Å². The summed E-state index contributed by atoms with van der Waals surface area (Å²) in [6.45, 7) is 0.127. The predicted octanol–water partition coefficient (Wildman–Crippen LogP) is 2.88. The zero-order valence-corrected chi connectivity index (χ0v) is 19.9. The summed E-state index contributed by atoms with van der Waals surface area (Å²) in [7, 11) is 2.95. The first-order valence-electron chi connectivity index (χ1n) is 11.5. The molecule has 9 heteroatoms. The fourth-order valence-electron chi connectivity index (χ4n) is 4.81. The minimum Gasteiger partial charge on any atom is -0.508 e. The Bertz CT molecular complexity index is 1350. The maximum Gasteiger partial charge on any atom is 0.264 e. The normalized spacial score (nSPS) is 15.8. The van der Waals surface area contributed by atoms with Crippen molar-refractivity contribution < 1.29 is 29.0 Å². The Kier molecular flexibility index (Phi) is 5.97. The summed E-state index contributed by atoms with van der Waals surface area (Å²) in [5.74, 6) is -0.140. The number of phenols is 1. The van der Waals surface area contributed by atoms with Crippen LogP contribution in [0, 0.1) is 0 Å². The number of fused-ring (bicyclic) bond motifs is 5. The lowest BCUT2D eigenvalue weighted by atomic mass is 10.0. The Morgan fingerprint density at radius 1 is 0.972 bits per heavy atom. The molecule has 0 fully saturated rings. The molecule has 2 N–H and O–H groups in total. The third-order valence-corrected chi connectivity index (χ3v) is 6.47. The number of benzene rings is 3. The molecule has 2 aliphatic rings. The number of amides is 3. The number of ether oxygens (including phenoxy) is 2. The third-order valence-electron chi connectivity index (χ3n) is 6.47. The molecule has 2 aliphatic heterocycles. The highest BCUT2D eigenvalue weighted by molar-refractivity contribution is 6.18. The maximum absolute atomic E-state index is 13.7. The number of anilines is 1. The van der Waals surface area contributed by atoms with E-state index in [-0.39, 0.29) is 35.8 Å². The van der Waals surface area contributed by atoms with Gasteiger partial charge in [0.15, 0.2) is 11.5 Å². The van der Waals surface area contributed by atoms with Gasteiger partial charge in [0.25, 0.3) is 11.8 Å². The van der Waals surface area contributed by atoms with Gasteiger partial charge < -0.3 is 24.8 Å². The van der Waals surface area contributed by atoms with E-state index >= 15 is 0 Å². The number of methoxy groups -OCH3 is 2. The highest BCUT2D eigenvalue weighted by Gasteiger charge is 2.50. The largest absolute Gasteiger partial charge is 0.508 e. The molecule has 184 valence electrons. The molecule has 0 bridgehead atoms. The van der Waals surface area contributed by atoms with Gasteiger partial charge in [-0.2, -0.15) is 0 Å². The Hall–Kier alpha value is -4.53. The lowest BCUT2D eigenvalue weighted by Crippen LogP contribution is -2.51. The molecule has 36 heavy (non-hydrogen) atoms. The van der Waals surface area contributed by atoms with Crippen LogP contribution in [0.5, 0.6) is 17.2 Å². The van der Waals surface area contributed by atoms with Crippen LogP contribution >= 0.6 is 0 Å². The Morgan fingerprint density at radius 2 is 1.72 bits per heavy atom. The van der Waals surface area contributed by atoms with Gasteiger partial charge in [0.05, 0.1) is 31.0 Å². The Morgan fingerprint density at radius 3 is 2.44 bits per heavy atom. The number of rotatable bonds is 7. The minimum atomic E-state index is -0.794. The lowest BCUT2D eigenvalue weighted by Gasteiger charge is -2.40. The molecule has 0 aromatic heterocycles. The zero-order valence-electron chi connectivity index (χ0n) is 19.9. The average Bonchev–Trinajstić information content (AvgIpc) is 3.19. The van der Waals surface area contributed by atoms with Crippen LogP contribution in [-0.4, -0.2) is 55.0 Å². The standard InChI is InChI=1S/C27H25N3O6/c1-35-21-12-11-19-23(24(21)36-2)27(34)30-20-6-4-3-5-18(20)26(33)29(25(19)30)15-22(32)28-14-13-16-7-9-17(31)10-8-16/h3-12,25,31H,13-15H2,1-2H3,(H,28,32)/t25-/m1/s1. The number of hydrogen-bond acceptors (Lipinski definition) is 6. The van der Waals surface area contributed by atoms with Gasteiger partial charge in [-0.05, 0) is 42.3 Å². The van der Waals surface area contributed by atoms with Crippen molar-refractivity contribution in [3.63, 3.8) is 0 Å². The van der Waals surface area contributed by atoms with Crippen molar-refractivity contribution in [3.8, 4) is 17.2 Å². The monoisotopic (exact) mass is 487 g/mol. The van der Waals surface area contributed by atoms with Gasteiger partial charge in [0.1, 0.15) is 18.5 Å². The second kappa shape index (κ2) is 9.26. The van der Waals surface area contributed by atoms with Gasteiger partial charge in [0.2, 0.25) is 5.91 Å². The van der Waals surface area contributed by atoms with E-state index in [2.05, 4.69) is 5.32 Å². The molecule has 9 nitrogen and oxygen atoms in total. The van der Waals surface area contributed by atoms with Crippen LogP contribution < -0.4 is 19.7 Å². The van der Waals surface area contributed by atoms with Crippen LogP contribution in [0.15, 0.2) is 60.7 Å². The molecule has 5 rings (SSSR count). The molecular formula is C27H25N3O6. The fourth-order valence-corrected chi connectivity index (χ4v) is 4.81. The third kappa shape index (κ3) is 3.78. The first-order valence-corrected chi connectivity index (χ1v) is 11.5. The summed E-state index contributed by atoms with van der Waals surface area (Å²) < 4.78 is 10.9. The number of nitrogens with one attached hydrogen (secondary N) is 1.